The van der Waals surface area contributed by atoms with Crippen molar-refractivity contribution in [3.8, 4) is 0 Å². The normalized spacial score (nSPS) is 11.9. The second-order valence-corrected chi connectivity index (χ2v) is 10.1. The first-order valence-electron chi connectivity index (χ1n) is 10.9. The van der Waals surface area contributed by atoms with Crippen LogP contribution in [0.25, 0.3) is 11.0 Å². The van der Waals surface area contributed by atoms with Crippen LogP contribution in [-0.4, -0.2) is 31.7 Å². The van der Waals surface area contributed by atoms with Crippen LogP contribution in [-0.2, 0) is 10.0 Å². The lowest BCUT2D eigenvalue weighted by Gasteiger charge is -2.22. The average Bonchev–Trinajstić information content (AvgIpc) is 3.11. The molecular weight excluding hydrogens is 448 g/mol. The molecule has 0 aliphatic rings. The summed E-state index contributed by atoms with van der Waals surface area (Å²) in [7, 11) is -3.65. The first-order chi connectivity index (χ1) is 15.3. The Labute approximate surface area is 194 Å². The molecule has 3 rings (SSSR count). The zero-order valence-electron chi connectivity index (χ0n) is 18.7. The third-order valence-corrected chi connectivity index (χ3v) is 7.62. The first kappa shape index (κ1) is 24.3. The van der Waals surface area contributed by atoms with Crippen LogP contribution in [0.5, 0.6) is 0 Å². The van der Waals surface area contributed by atoms with Crippen molar-refractivity contribution in [1.29, 1.82) is 0 Å². The fourth-order valence-corrected chi connectivity index (χ4v) is 5.22. The lowest BCUT2D eigenvalue weighted by molar-refractivity contribution is 0.0998. The minimum Gasteiger partial charge on any atom is -0.451 e. The quantitative estimate of drug-likeness (QED) is 0.375. The van der Waals surface area contributed by atoms with Crippen molar-refractivity contribution >= 4 is 44.2 Å². The predicted molar refractivity (Wildman–Crippen MR) is 129 cm³/mol. The van der Waals surface area contributed by atoms with E-state index < -0.39 is 15.9 Å². The molecule has 0 radical (unpaired) electrons. The Morgan fingerprint density at radius 1 is 1.06 bits per heavy atom. The van der Waals surface area contributed by atoms with E-state index in [9.17, 15) is 13.2 Å². The summed E-state index contributed by atoms with van der Waals surface area (Å²) in [5.74, 6) is -0.313. The van der Waals surface area contributed by atoms with Crippen molar-refractivity contribution in [2.45, 2.75) is 51.3 Å². The summed E-state index contributed by atoms with van der Waals surface area (Å²) in [5, 5.41) is 3.76. The molecule has 0 aliphatic carbocycles. The molecule has 0 unspecified atom stereocenters. The molecule has 172 valence electrons. The number of rotatable bonds is 10. The highest BCUT2D eigenvalue weighted by Crippen LogP contribution is 2.30. The number of hydrogen-bond acceptors (Lipinski definition) is 4. The van der Waals surface area contributed by atoms with Crippen molar-refractivity contribution < 1.29 is 17.6 Å². The molecule has 0 atom stereocenters. The molecule has 1 aromatic heterocycles. The van der Waals surface area contributed by atoms with Crippen LogP contribution >= 0.6 is 11.6 Å². The van der Waals surface area contributed by atoms with Gasteiger partial charge in [0.2, 0.25) is 10.0 Å². The Kier molecular flexibility index (Phi) is 7.98. The summed E-state index contributed by atoms with van der Waals surface area (Å²) in [6, 6.07) is 11.7. The van der Waals surface area contributed by atoms with E-state index >= 15 is 0 Å². The van der Waals surface area contributed by atoms with E-state index in [0.29, 0.717) is 40.3 Å². The van der Waals surface area contributed by atoms with Gasteiger partial charge in [-0.05, 0) is 50.1 Å². The molecular formula is C24H29ClN2O4S. The van der Waals surface area contributed by atoms with Gasteiger partial charge < -0.3 is 9.73 Å². The summed E-state index contributed by atoms with van der Waals surface area (Å²) >= 11 is 6.13. The average molecular weight is 477 g/mol. The Hall–Kier alpha value is -2.35. The number of benzene rings is 2. The van der Waals surface area contributed by atoms with Gasteiger partial charge in [0.15, 0.2) is 5.76 Å². The largest absolute Gasteiger partial charge is 0.451 e. The second kappa shape index (κ2) is 10.5. The van der Waals surface area contributed by atoms with E-state index in [-0.39, 0.29) is 10.7 Å². The van der Waals surface area contributed by atoms with E-state index in [1.54, 1.807) is 53.7 Å². The van der Waals surface area contributed by atoms with Crippen LogP contribution < -0.4 is 5.32 Å². The summed E-state index contributed by atoms with van der Waals surface area (Å²) in [6.45, 7) is 6.82. The first-order valence-corrected chi connectivity index (χ1v) is 12.7. The fourth-order valence-electron chi connectivity index (χ4n) is 3.49. The fraction of sp³-hybridized carbons (Fsp3) is 0.375. The second-order valence-electron chi connectivity index (χ2n) is 7.76. The molecule has 1 amide bonds. The highest BCUT2D eigenvalue weighted by molar-refractivity contribution is 7.89. The number of sulfonamides is 1. The highest BCUT2D eigenvalue weighted by Gasteiger charge is 2.26. The van der Waals surface area contributed by atoms with Gasteiger partial charge in [0.1, 0.15) is 5.58 Å². The van der Waals surface area contributed by atoms with Gasteiger partial charge in [-0.15, -0.1) is 0 Å². The summed E-state index contributed by atoms with van der Waals surface area (Å²) in [5.41, 5.74) is 1.51. The van der Waals surface area contributed by atoms with E-state index in [0.717, 1.165) is 25.7 Å². The molecule has 8 heteroatoms. The predicted octanol–water partition coefficient (Wildman–Crippen LogP) is 6.24. The Morgan fingerprint density at radius 2 is 1.72 bits per heavy atom. The van der Waals surface area contributed by atoms with Crippen LogP contribution in [0.15, 0.2) is 51.8 Å². The van der Waals surface area contributed by atoms with Gasteiger partial charge in [0.05, 0.1) is 15.6 Å². The van der Waals surface area contributed by atoms with Crippen LogP contribution in [0, 0.1) is 6.92 Å². The third kappa shape index (κ3) is 5.17. The van der Waals surface area contributed by atoms with E-state index in [2.05, 4.69) is 5.32 Å². The highest BCUT2D eigenvalue weighted by atomic mass is 35.5. The zero-order valence-corrected chi connectivity index (χ0v) is 20.2. The molecule has 0 saturated carbocycles. The minimum absolute atomic E-state index is 0.128. The van der Waals surface area contributed by atoms with Gasteiger partial charge in [0.25, 0.3) is 5.91 Å². The van der Waals surface area contributed by atoms with Crippen molar-refractivity contribution in [2.24, 2.45) is 0 Å². The zero-order chi connectivity index (χ0) is 23.3. The molecule has 1 heterocycles. The van der Waals surface area contributed by atoms with Gasteiger partial charge in [-0.25, -0.2) is 8.42 Å². The molecule has 3 aromatic rings. The number of anilines is 1. The van der Waals surface area contributed by atoms with E-state index in [1.807, 2.05) is 13.8 Å². The van der Waals surface area contributed by atoms with Crippen molar-refractivity contribution in [1.82, 2.24) is 4.31 Å². The molecule has 0 saturated heterocycles. The monoisotopic (exact) mass is 476 g/mol. The third-order valence-electron chi connectivity index (χ3n) is 5.40. The number of carbonyl (C=O) groups excluding carboxylic acids is 1. The number of aryl methyl sites for hydroxylation is 1. The minimum atomic E-state index is -3.65. The smallest absolute Gasteiger partial charge is 0.291 e. The molecule has 6 nitrogen and oxygen atoms in total. The van der Waals surface area contributed by atoms with Crippen LogP contribution in [0.2, 0.25) is 5.02 Å². The summed E-state index contributed by atoms with van der Waals surface area (Å²) in [4.78, 5) is 13.0. The summed E-state index contributed by atoms with van der Waals surface area (Å²) in [6.07, 6.45) is 3.45. The molecule has 32 heavy (non-hydrogen) atoms. The number of carbonyl (C=O) groups is 1. The molecule has 0 spiro atoms. The van der Waals surface area contributed by atoms with Gasteiger partial charge in [-0.1, -0.05) is 50.4 Å². The molecule has 0 bridgehead atoms. The van der Waals surface area contributed by atoms with Gasteiger partial charge >= 0.3 is 0 Å². The molecule has 2 aromatic carbocycles. The molecule has 0 aliphatic heterocycles. The van der Waals surface area contributed by atoms with Gasteiger partial charge in [-0.3, -0.25) is 4.79 Å². The standard InChI is InChI=1S/C24H29ClN2O4S/c1-4-6-14-27(15-7-5-2)32(29,30)18-12-13-22-19(16-18)17(3)23(31-22)24(28)26-21-11-9-8-10-20(21)25/h8-13,16H,4-7,14-15H2,1-3H3,(H,26,28). The maximum atomic E-state index is 13.3. The maximum absolute atomic E-state index is 13.3. The number of amides is 1. The number of unbranched alkanes of at least 4 members (excludes halogenated alkanes) is 2. The topological polar surface area (TPSA) is 79.6 Å². The number of nitrogens with zero attached hydrogens (tertiary/aromatic N) is 1. The van der Waals surface area contributed by atoms with Crippen LogP contribution in [0.1, 0.15) is 55.6 Å². The van der Waals surface area contributed by atoms with Crippen molar-refractivity contribution in [2.75, 3.05) is 18.4 Å². The number of hydrogen-bond donors (Lipinski definition) is 1. The van der Waals surface area contributed by atoms with Gasteiger partial charge in [-0.2, -0.15) is 4.31 Å². The number of para-hydroxylation sites is 1. The Balaban J connectivity index is 1.94. The molecule has 0 fully saturated rings. The summed E-state index contributed by atoms with van der Waals surface area (Å²) < 4.78 is 34.0. The van der Waals surface area contributed by atoms with Gasteiger partial charge in [0, 0.05) is 24.0 Å². The van der Waals surface area contributed by atoms with E-state index in [4.69, 9.17) is 16.0 Å². The van der Waals surface area contributed by atoms with Crippen LogP contribution in [0.3, 0.4) is 0 Å². The number of furan rings is 1. The lowest BCUT2D eigenvalue weighted by Crippen LogP contribution is -2.33. The Morgan fingerprint density at radius 3 is 2.34 bits per heavy atom. The maximum Gasteiger partial charge on any atom is 0.291 e. The van der Waals surface area contributed by atoms with Crippen molar-refractivity contribution in [3.63, 3.8) is 0 Å². The number of fused-ring (bicyclic) bond motifs is 1. The van der Waals surface area contributed by atoms with E-state index in [1.165, 1.54) is 0 Å². The van der Waals surface area contributed by atoms with Crippen LogP contribution in [0.4, 0.5) is 5.69 Å². The lowest BCUT2D eigenvalue weighted by atomic mass is 10.1. The number of nitrogens with one attached hydrogen (secondary N) is 1. The SMILES string of the molecule is CCCCN(CCCC)S(=O)(=O)c1ccc2oc(C(=O)Nc3ccccc3Cl)c(C)c2c1. The molecule has 1 N–H and O–H groups in total. The van der Waals surface area contributed by atoms with Crippen molar-refractivity contribution in [3.05, 3.63) is 58.8 Å². The number of halogens is 1. The Bertz CT molecular complexity index is 1200.